The molecular formula is C8H8BrNO2. The average molecular weight is 230 g/mol. The molecule has 0 unspecified atom stereocenters. The van der Waals surface area contributed by atoms with Crippen molar-refractivity contribution < 1.29 is 9.53 Å². The summed E-state index contributed by atoms with van der Waals surface area (Å²) in [4.78, 5) is 10.5. The molecule has 0 heterocycles. The number of ether oxygens (including phenoxy) is 1. The zero-order valence-corrected chi connectivity index (χ0v) is 8.09. The van der Waals surface area contributed by atoms with Gasteiger partial charge in [-0.15, -0.1) is 0 Å². The lowest BCUT2D eigenvalue weighted by Crippen LogP contribution is -1.94. The molecule has 1 rings (SSSR count). The molecule has 0 saturated heterocycles. The molecule has 0 radical (unpaired) electrons. The Bertz CT molecular complexity index is 312. The highest BCUT2D eigenvalue weighted by atomic mass is 79.9. The van der Waals surface area contributed by atoms with Gasteiger partial charge in [-0.05, 0) is 22.0 Å². The number of carbonyl (C=O) groups excluding carboxylic acids is 1. The summed E-state index contributed by atoms with van der Waals surface area (Å²) in [6.07, 6.45) is 0.725. The molecule has 0 saturated carbocycles. The average Bonchev–Trinajstić information content (AvgIpc) is 2.09. The van der Waals surface area contributed by atoms with E-state index in [0.717, 1.165) is 6.29 Å². The first-order valence-corrected chi connectivity index (χ1v) is 4.06. The van der Waals surface area contributed by atoms with Crippen molar-refractivity contribution in [3.8, 4) is 5.75 Å². The second kappa shape index (κ2) is 3.58. The maximum absolute atomic E-state index is 10.5. The molecule has 0 aliphatic heterocycles. The fourth-order valence-corrected chi connectivity index (χ4v) is 1.21. The van der Waals surface area contributed by atoms with Gasteiger partial charge in [-0.1, -0.05) is 0 Å². The van der Waals surface area contributed by atoms with E-state index < -0.39 is 0 Å². The standard InChI is InChI=1S/C8H8BrNO2/c1-12-8-3-7(10)6(9)2-5(8)4-11/h2-4H,10H2,1H3. The van der Waals surface area contributed by atoms with E-state index in [4.69, 9.17) is 10.5 Å². The van der Waals surface area contributed by atoms with Crippen LogP contribution in [0.3, 0.4) is 0 Å². The van der Waals surface area contributed by atoms with E-state index in [0.29, 0.717) is 21.5 Å². The number of halogens is 1. The molecule has 0 spiro atoms. The molecule has 0 aliphatic carbocycles. The Balaban J connectivity index is 3.28. The molecule has 0 aromatic heterocycles. The van der Waals surface area contributed by atoms with E-state index in [-0.39, 0.29) is 0 Å². The molecule has 4 heteroatoms. The van der Waals surface area contributed by atoms with Crippen molar-refractivity contribution in [1.82, 2.24) is 0 Å². The third-order valence-electron chi connectivity index (χ3n) is 1.48. The summed E-state index contributed by atoms with van der Waals surface area (Å²) in [5.74, 6) is 0.491. The van der Waals surface area contributed by atoms with E-state index in [1.54, 1.807) is 12.1 Å². The minimum atomic E-state index is 0.485. The first-order valence-electron chi connectivity index (χ1n) is 3.27. The van der Waals surface area contributed by atoms with Gasteiger partial charge in [0.25, 0.3) is 0 Å². The van der Waals surface area contributed by atoms with Gasteiger partial charge in [0.2, 0.25) is 0 Å². The lowest BCUT2D eigenvalue weighted by Gasteiger charge is -2.05. The van der Waals surface area contributed by atoms with E-state index in [1.807, 2.05) is 0 Å². The second-order valence-corrected chi connectivity index (χ2v) is 3.09. The number of rotatable bonds is 2. The number of carbonyl (C=O) groups is 1. The maximum Gasteiger partial charge on any atom is 0.153 e. The predicted octanol–water partition coefficient (Wildman–Crippen LogP) is 1.85. The summed E-state index contributed by atoms with van der Waals surface area (Å²) in [7, 11) is 1.50. The van der Waals surface area contributed by atoms with Crippen LogP contribution in [0.5, 0.6) is 5.75 Å². The number of anilines is 1. The van der Waals surface area contributed by atoms with Crippen LogP contribution in [0.4, 0.5) is 5.69 Å². The van der Waals surface area contributed by atoms with Gasteiger partial charge in [0.1, 0.15) is 5.75 Å². The minimum absolute atomic E-state index is 0.485. The van der Waals surface area contributed by atoms with Crippen LogP contribution in [0.1, 0.15) is 10.4 Å². The van der Waals surface area contributed by atoms with Gasteiger partial charge < -0.3 is 10.5 Å². The molecule has 3 nitrogen and oxygen atoms in total. The van der Waals surface area contributed by atoms with Crippen LogP contribution in [-0.4, -0.2) is 13.4 Å². The molecule has 64 valence electrons. The highest BCUT2D eigenvalue weighted by Crippen LogP contribution is 2.27. The van der Waals surface area contributed by atoms with Crippen molar-refractivity contribution in [3.05, 3.63) is 22.2 Å². The summed E-state index contributed by atoms with van der Waals surface area (Å²) in [6, 6.07) is 3.23. The third kappa shape index (κ3) is 1.58. The Hall–Kier alpha value is -1.03. The monoisotopic (exact) mass is 229 g/mol. The van der Waals surface area contributed by atoms with Crippen molar-refractivity contribution >= 4 is 27.9 Å². The van der Waals surface area contributed by atoms with Crippen LogP contribution in [0, 0.1) is 0 Å². The normalized spacial score (nSPS) is 9.50. The van der Waals surface area contributed by atoms with E-state index in [9.17, 15) is 4.79 Å². The Labute approximate surface area is 78.6 Å². The van der Waals surface area contributed by atoms with Crippen LogP contribution in [0.15, 0.2) is 16.6 Å². The van der Waals surface area contributed by atoms with Crippen LogP contribution < -0.4 is 10.5 Å². The largest absolute Gasteiger partial charge is 0.496 e. The summed E-state index contributed by atoms with van der Waals surface area (Å²) in [5.41, 5.74) is 6.61. The van der Waals surface area contributed by atoms with Gasteiger partial charge in [-0.25, -0.2) is 0 Å². The number of nitrogen functional groups attached to an aromatic ring is 1. The van der Waals surface area contributed by atoms with Crippen molar-refractivity contribution in [1.29, 1.82) is 0 Å². The highest BCUT2D eigenvalue weighted by molar-refractivity contribution is 9.10. The molecular weight excluding hydrogens is 222 g/mol. The minimum Gasteiger partial charge on any atom is -0.496 e. The SMILES string of the molecule is COc1cc(N)c(Br)cc1C=O. The zero-order chi connectivity index (χ0) is 9.14. The summed E-state index contributed by atoms with van der Waals surface area (Å²) >= 11 is 3.21. The second-order valence-electron chi connectivity index (χ2n) is 2.23. The predicted molar refractivity (Wildman–Crippen MR) is 50.5 cm³/mol. The lowest BCUT2D eigenvalue weighted by molar-refractivity contribution is 0.112. The fraction of sp³-hybridized carbons (Fsp3) is 0.125. The summed E-state index contributed by atoms with van der Waals surface area (Å²) in [6.45, 7) is 0. The van der Waals surface area contributed by atoms with Gasteiger partial charge >= 0.3 is 0 Å². The summed E-state index contributed by atoms with van der Waals surface area (Å²) < 4.78 is 5.64. The lowest BCUT2D eigenvalue weighted by atomic mass is 10.2. The number of methoxy groups -OCH3 is 1. The van der Waals surface area contributed by atoms with Crippen molar-refractivity contribution in [2.75, 3.05) is 12.8 Å². The Morgan fingerprint density at radius 3 is 2.75 bits per heavy atom. The van der Waals surface area contributed by atoms with Gasteiger partial charge in [-0.2, -0.15) is 0 Å². The van der Waals surface area contributed by atoms with Gasteiger partial charge in [0, 0.05) is 16.2 Å². The molecule has 0 bridgehead atoms. The van der Waals surface area contributed by atoms with E-state index >= 15 is 0 Å². The Morgan fingerprint density at radius 2 is 2.25 bits per heavy atom. The number of nitrogens with two attached hydrogens (primary N) is 1. The molecule has 0 amide bonds. The maximum atomic E-state index is 10.5. The molecule has 0 fully saturated rings. The number of aldehydes is 1. The smallest absolute Gasteiger partial charge is 0.153 e. The molecule has 1 aromatic rings. The van der Waals surface area contributed by atoms with Crippen molar-refractivity contribution in [2.45, 2.75) is 0 Å². The molecule has 2 N–H and O–H groups in total. The van der Waals surface area contributed by atoms with Crippen molar-refractivity contribution in [3.63, 3.8) is 0 Å². The Morgan fingerprint density at radius 1 is 1.58 bits per heavy atom. The van der Waals surface area contributed by atoms with Crippen LogP contribution in [0.25, 0.3) is 0 Å². The van der Waals surface area contributed by atoms with Gasteiger partial charge in [0.15, 0.2) is 6.29 Å². The molecule has 0 aliphatic rings. The quantitative estimate of drug-likeness (QED) is 0.623. The van der Waals surface area contributed by atoms with E-state index in [1.165, 1.54) is 7.11 Å². The summed E-state index contributed by atoms with van der Waals surface area (Å²) in [5, 5.41) is 0. The number of hydrogen-bond acceptors (Lipinski definition) is 3. The molecule has 0 atom stereocenters. The van der Waals surface area contributed by atoms with Crippen LogP contribution in [-0.2, 0) is 0 Å². The van der Waals surface area contributed by atoms with Gasteiger partial charge in [0.05, 0.1) is 12.7 Å². The molecule has 12 heavy (non-hydrogen) atoms. The first-order chi connectivity index (χ1) is 5.69. The highest BCUT2D eigenvalue weighted by Gasteiger charge is 2.05. The first kappa shape index (κ1) is 9.06. The van der Waals surface area contributed by atoms with Crippen LogP contribution in [0.2, 0.25) is 0 Å². The van der Waals surface area contributed by atoms with Gasteiger partial charge in [-0.3, -0.25) is 4.79 Å². The number of hydrogen-bond donors (Lipinski definition) is 1. The fourth-order valence-electron chi connectivity index (χ4n) is 0.853. The third-order valence-corrected chi connectivity index (χ3v) is 2.16. The van der Waals surface area contributed by atoms with Crippen molar-refractivity contribution in [2.24, 2.45) is 0 Å². The zero-order valence-electron chi connectivity index (χ0n) is 6.50. The van der Waals surface area contributed by atoms with E-state index in [2.05, 4.69) is 15.9 Å². The van der Waals surface area contributed by atoms with Crippen LogP contribution >= 0.6 is 15.9 Å². The Kier molecular flexibility index (Phi) is 2.70. The molecule has 1 aromatic carbocycles. The topological polar surface area (TPSA) is 52.3 Å². The number of benzene rings is 1.